The van der Waals surface area contributed by atoms with Crippen LogP contribution in [0.15, 0.2) is 23.8 Å². The van der Waals surface area contributed by atoms with Gasteiger partial charge in [0, 0.05) is 34.8 Å². The van der Waals surface area contributed by atoms with Gasteiger partial charge in [0.2, 0.25) is 5.12 Å². The number of alkyl halides is 2. The van der Waals surface area contributed by atoms with E-state index < -0.39 is 57.8 Å². The number of rotatable bonds is 5. The molecule has 0 aliphatic heterocycles. The first kappa shape index (κ1) is 25.5. The summed E-state index contributed by atoms with van der Waals surface area (Å²) >= 11 is 0.806. The van der Waals surface area contributed by atoms with Gasteiger partial charge in [0.15, 0.2) is 17.1 Å². The van der Waals surface area contributed by atoms with Gasteiger partial charge in [0.1, 0.15) is 0 Å². The van der Waals surface area contributed by atoms with E-state index in [4.69, 9.17) is 4.74 Å². The Morgan fingerprint density at radius 3 is 2.65 bits per heavy atom. The predicted octanol–water partition coefficient (Wildman–Crippen LogP) is 4.52. The highest BCUT2D eigenvalue weighted by molar-refractivity contribution is 8.13. The number of fused-ring (bicyclic) bond motifs is 5. The zero-order valence-corrected chi connectivity index (χ0v) is 21.1. The fourth-order valence-electron chi connectivity index (χ4n) is 7.71. The highest BCUT2D eigenvalue weighted by Gasteiger charge is 2.77. The van der Waals surface area contributed by atoms with Crippen LogP contribution in [0.5, 0.6) is 0 Å². The van der Waals surface area contributed by atoms with Gasteiger partial charge in [-0.1, -0.05) is 44.2 Å². The van der Waals surface area contributed by atoms with E-state index in [1.54, 1.807) is 19.9 Å². The summed E-state index contributed by atoms with van der Waals surface area (Å²) in [5.74, 6) is -2.11. The Hall–Kier alpha value is -1.54. The molecule has 1 N–H and O–H groups in total. The molecule has 0 aromatic rings. The van der Waals surface area contributed by atoms with Crippen molar-refractivity contribution >= 4 is 28.6 Å². The summed E-state index contributed by atoms with van der Waals surface area (Å²) in [6, 6.07) is 0. The number of ether oxygens (including phenoxy) is 1. The number of thioether (sulfide) groups is 1. The Bertz CT molecular complexity index is 965. The number of aliphatic hydroxyl groups excluding tert-OH is 1. The Labute approximate surface area is 203 Å². The van der Waals surface area contributed by atoms with E-state index in [1.165, 1.54) is 12.2 Å². The molecule has 4 rings (SSSR count). The summed E-state index contributed by atoms with van der Waals surface area (Å²) in [7, 11) is 0. The number of ketones is 1. The van der Waals surface area contributed by atoms with Gasteiger partial charge in [-0.05, 0) is 50.7 Å². The summed E-state index contributed by atoms with van der Waals surface area (Å²) in [4.78, 5) is 38.2. The quantitative estimate of drug-likeness (QED) is 0.564. The Morgan fingerprint density at radius 1 is 1.29 bits per heavy atom. The van der Waals surface area contributed by atoms with Crippen LogP contribution in [0.4, 0.5) is 8.78 Å². The van der Waals surface area contributed by atoms with Crippen LogP contribution >= 0.6 is 11.8 Å². The summed E-state index contributed by atoms with van der Waals surface area (Å²) in [6.07, 6.45) is 4.41. The van der Waals surface area contributed by atoms with Crippen LogP contribution in [0.2, 0.25) is 0 Å². The molecule has 0 unspecified atom stereocenters. The zero-order valence-electron chi connectivity index (χ0n) is 20.2. The van der Waals surface area contributed by atoms with Crippen molar-refractivity contribution in [3.05, 3.63) is 23.8 Å². The van der Waals surface area contributed by atoms with Crippen molar-refractivity contribution < 1.29 is 33.0 Å². The minimum atomic E-state index is -2.03. The van der Waals surface area contributed by atoms with Crippen LogP contribution < -0.4 is 0 Å². The predicted molar refractivity (Wildman–Crippen MR) is 125 cm³/mol. The van der Waals surface area contributed by atoms with Crippen LogP contribution in [0.1, 0.15) is 59.8 Å². The third-order valence-electron chi connectivity index (χ3n) is 9.36. The normalized spacial score (nSPS) is 45.1. The van der Waals surface area contributed by atoms with Gasteiger partial charge in [-0.25, -0.2) is 4.39 Å². The summed E-state index contributed by atoms with van der Waals surface area (Å²) in [5.41, 5.74) is -5.05. The lowest BCUT2D eigenvalue weighted by molar-refractivity contribution is -0.225. The highest BCUT2D eigenvalue weighted by atomic mass is 32.2. The standard InChI is InChI=1S/C26H34F2O5S/c1-5-21(31)33-26(22(32)34-11-10-27)15(2)12-19-18-7-6-16-13-17(29)8-9-23(16,3)25(18,28)20(30)14-24(19,26)4/h8-9,13,15,18-20,30H,5-7,10-12,14H2,1-4H3/t15-,18-,19-,20-,23-,24-,25-,26-/m0/s1. The third-order valence-corrected chi connectivity index (χ3v) is 10.3. The maximum absolute atomic E-state index is 17.3. The number of halogens is 2. The summed E-state index contributed by atoms with van der Waals surface area (Å²) in [5, 5.41) is 11.1. The molecule has 0 bridgehead atoms. The monoisotopic (exact) mass is 496 g/mol. The van der Waals surface area contributed by atoms with Crippen LogP contribution in [-0.2, 0) is 19.1 Å². The molecular formula is C26H34F2O5S. The van der Waals surface area contributed by atoms with Crippen molar-refractivity contribution in [1.29, 1.82) is 0 Å². The van der Waals surface area contributed by atoms with E-state index in [-0.39, 0.29) is 30.3 Å². The number of carbonyl (C=O) groups excluding carboxylic acids is 3. The van der Waals surface area contributed by atoms with E-state index in [0.717, 1.165) is 11.8 Å². The second kappa shape index (κ2) is 8.54. The molecule has 5 nitrogen and oxygen atoms in total. The second-order valence-electron chi connectivity index (χ2n) is 10.8. The van der Waals surface area contributed by atoms with E-state index >= 15 is 4.39 Å². The molecule has 0 aromatic carbocycles. The molecule has 3 fully saturated rings. The SMILES string of the molecule is CCC(=O)O[C@]1(C(=O)SCCF)[C@@H](C)C[C@H]2[C@@H]3CCC4=CC(=O)C=C[C@]4(C)[C@@]3(F)[C@@H](O)C[C@@]21C. The second-order valence-corrected chi connectivity index (χ2v) is 11.9. The van der Waals surface area contributed by atoms with Crippen LogP contribution in [0.25, 0.3) is 0 Å². The molecular weight excluding hydrogens is 462 g/mol. The zero-order chi connectivity index (χ0) is 25.1. The van der Waals surface area contributed by atoms with Crippen molar-refractivity contribution in [3.8, 4) is 0 Å². The number of allylic oxidation sites excluding steroid dienone is 4. The minimum absolute atomic E-state index is 0.0538. The van der Waals surface area contributed by atoms with Gasteiger partial charge in [0.25, 0.3) is 0 Å². The van der Waals surface area contributed by atoms with Crippen LogP contribution in [-0.4, -0.2) is 51.8 Å². The van der Waals surface area contributed by atoms with Gasteiger partial charge in [0.05, 0.1) is 12.8 Å². The topological polar surface area (TPSA) is 80.7 Å². The number of esters is 1. The molecule has 0 radical (unpaired) electrons. The number of aliphatic hydroxyl groups is 1. The van der Waals surface area contributed by atoms with Crippen molar-refractivity contribution in [2.75, 3.05) is 12.4 Å². The Kier molecular flexibility index (Phi) is 6.42. The highest BCUT2D eigenvalue weighted by Crippen LogP contribution is 2.71. The van der Waals surface area contributed by atoms with Crippen molar-refractivity contribution in [3.63, 3.8) is 0 Å². The van der Waals surface area contributed by atoms with Gasteiger partial charge >= 0.3 is 5.97 Å². The van der Waals surface area contributed by atoms with Crippen LogP contribution in [0.3, 0.4) is 0 Å². The van der Waals surface area contributed by atoms with Crippen molar-refractivity contribution in [2.24, 2.45) is 28.6 Å². The van der Waals surface area contributed by atoms with E-state index in [2.05, 4.69) is 0 Å². The molecule has 0 saturated heterocycles. The van der Waals surface area contributed by atoms with Crippen LogP contribution in [0, 0.1) is 28.6 Å². The molecule has 34 heavy (non-hydrogen) atoms. The molecule has 4 aliphatic rings. The smallest absolute Gasteiger partial charge is 0.306 e. The van der Waals surface area contributed by atoms with Gasteiger partial charge < -0.3 is 9.84 Å². The van der Waals surface area contributed by atoms with Crippen molar-refractivity contribution in [2.45, 2.75) is 77.2 Å². The molecule has 0 heterocycles. The fraction of sp³-hybridized carbons (Fsp3) is 0.731. The first-order valence-corrected chi connectivity index (χ1v) is 13.2. The Morgan fingerprint density at radius 2 is 2.00 bits per heavy atom. The average Bonchev–Trinajstić information content (AvgIpc) is 3.00. The third kappa shape index (κ3) is 3.16. The molecule has 8 atom stereocenters. The maximum Gasteiger partial charge on any atom is 0.306 e. The van der Waals surface area contributed by atoms with Gasteiger partial charge in [-0.3, -0.25) is 18.8 Å². The largest absolute Gasteiger partial charge is 0.449 e. The molecule has 0 aromatic heterocycles. The first-order valence-electron chi connectivity index (χ1n) is 12.2. The number of hydrogen-bond donors (Lipinski definition) is 1. The molecule has 4 aliphatic carbocycles. The lowest BCUT2D eigenvalue weighted by atomic mass is 9.45. The average molecular weight is 497 g/mol. The fourth-order valence-corrected chi connectivity index (χ4v) is 8.67. The van der Waals surface area contributed by atoms with Gasteiger partial charge in [-0.2, -0.15) is 0 Å². The van der Waals surface area contributed by atoms with E-state index in [9.17, 15) is 23.9 Å². The molecule has 8 heteroatoms. The summed E-state index contributed by atoms with van der Waals surface area (Å²) in [6.45, 7) is 6.35. The minimum Gasteiger partial charge on any atom is -0.449 e. The summed E-state index contributed by atoms with van der Waals surface area (Å²) < 4.78 is 36.2. The molecule has 188 valence electrons. The maximum atomic E-state index is 17.3. The lowest BCUT2D eigenvalue weighted by Gasteiger charge is -2.62. The Balaban J connectivity index is 1.83. The number of hydrogen-bond acceptors (Lipinski definition) is 6. The van der Waals surface area contributed by atoms with Crippen molar-refractivity contribution in [1.82, 2.24) is 0 Å². The lowest BCUT2D eigenvalue weighted by Crippen LogP contribution is -2.69. The molecule has 0 spiro atoms. The first-order chi connectivity index (χ1) is 15.9. The van der Waals surface area contributed by atoms with Gasteiger partial charge in [-0.15, -0.1) is 0 Å². The number of carbonyl (C=O) groups is 3. The van der Waals surface area contributed by atoms with E-state index in [0.29, 0.717) is 24.8 Å². The van der Waals surface area contributed by atoms with E-state index in [1.807, 2.05) is 13.8 Å². The molecule has 0 amide bonds. The molecule has 3 saturated carbocycles.